The number of hydrogen-bond acceptors (Lipinski definition) is 8. The first-order chi connectivity index (χ1) is 8.90. The third-order valence-electron chi connectivity index (χ3n) is 2.51. The number of nitroso groups, excluding NO2 is 1. The molecular weight excluding hydrogens is 282 g/mol. The van der Waals surface area contributed by atoms with Crippen LogP contribution in [0.1, 0.15) is 13.8 Å². The van der Waals surface area contributed by atoms with Crippen molar-refractivity contribution in [3.05, 3.63) is 4.91 Å². The molecule has 0 bridgehead atoms. The Hall–Kier alpha value is -1.25. The number of halogens is 1. The van der Waals surface area contributed by atoms with Crippen molar-refractivity contribution in [2.75, 3.05) is 6.61 Å². The molecule has 1 N–H and O–H groups in total. The summed E-state index contributed by atoms with van der Waals surface area (Å²) in [6, 6.07) is -1.24. The molecule has 0 aromatic rings. The summed E-state index contributed by atoms with van der Waals surface area (Å²) in [5.41, 5.74) is -1.19. The number of ether oxygens (including phenoxy) is 3. The molecule has 1 aliphatic rings. The van der Waals surface area contributed by atoms with Crippen molar-refractivity contribution >= 4 is 23.5 Å². The average molecular weight is 296 g/mol. The molecular formula is C10H14ClNO7. The van der Waals surface area contributed by atoms with E-state index in [4.69, 9.17) is 25.8 Å². The molecule has 0 spiro atoms. The normalized spacial score (nSPS) is 34.4. The summed E-state index contributed by atoms with van der Waals surface area (Å²) in [4.78, 5) is 32.9. The van der Waals surface area contributed by atoms with Gasteiger partial charge in [-0.25, -0.2) is 0 Å². The molecule has 0 aromatic heterocycles. The highest BCUT2D eigenvalue weighted by molar-refractivity contribution is 6.20. The summed E-state index contributed by atoms with van der Waals surface area (Å²) < 4.78 is 15.0. The van der Waals surface area contributed by atoms with E-state index in [1.165, 1.54) is 0 Å². The van der Waals surface area contributed by atoms with E-state index in [1.807, 2.05) is 0 Å². The van der Waals surface area contributed by atoms with Gasteiger partial charge in [0, 0.05) is 13.8 Å². The Morgan fingerprint density at radius 3 is 2.21 bits per heavy atom. The molecule has 1 rings (SSSR count). The van der Waals surface area contributed by atoms with Crippen molar-refractivity contribution < 1.29 is 28.9 Å². The smallest absolute Gasteiger partial charge is 0.303 e. The van der Waals surface area contributed by atoms with Crippen LogP contribution in [-0.4, -0.2) is 53.6 Å². The summed E-state index contributed by atoms with van der Waals surface area (Å²) in [7, 11) is 0. The molecule has 0 unspecified atom stereocenters. The molecule has 19 heavy (non-hydrogen) atoms. The Bertz CT molecular complexity index is 364. The highest BCUT2D eigenvalue weighted by Crippen LogP contribution is 2.30. The van der Waals surface area contributed by atoms with E-state index in [1.54, 1.807) is 0 Å². The van der Waals surface area contributed by atoms with Crippen LogP contribution in [0.4, 0.5) is 0 Å². The summed E-state index contributed by atoms with van der Waals surface area (Å²) in [6.45, 7) is 1.74. The number of alkyl halides is 1. The lowest BCUT2D eigenvalue weighted by atomic mass is 9.98. The van der Waals surface area contributed by atoms with E-state index >= 15 is 0 Å². The van der Waals surface area contributed by atoms with Crippen molar-refractivity contribution in [1.29, 1.82) is 0 Å². The lowest BCUT2D eigenvalue weighted by molar-refractivity contribution is -0.206. The number of aliphatic hydroxyl groups is 1. The molecule has 0 aliphatic carbocycles. The van der Waals surface area contributed by atoms with E-state index in [2.05, 4.69) is 5.18 Å². The fourth-order valence-electron chi connectivity index (χ4n) is 1.80. The van der Waals surface area contributed by atoms with Gasteiger partial charge >= 0.3 is 11.9 Å². The van der Waals surface area contributed by atoms with Crippen molar-refractivity contribution in [3.63, 3.8) is 0 Å². The van der Waals surface area contributed by atoms with Gasteiger partial charge in [-0.15, -0.1) is 0 Å². The average Bonchev–Trinajstić information content (AvgIpc) is 2.31. The van der Waals surface area contributed by atoms with Gasteiger partial charge in [-0.2, -0.15) is 4.91 Å². The molecule has 0 amide bonds. The van der Waals surface area contributed by atoms with Crippen molar-refractivity contribution in [2.45, 2.75) is 43.8 Å². The highest BCUT2D eigenvalue weighted by Gasteiger charge is 2.50. The maximum atomic E-state index is 11.1. The lowest BCUT2D eigenvalue weighted by Gasteiger charge is -2.40. The minimum absolute atomic E-state index is 0.523. The van der Waals surface area contributed by atoms with E-state index in [9.17, 15) is 19.6 Å². The predicted molar refractivity (Wildman–Crippen MR) is 62.3 cm³/mol. The monoisotopic (exact) mass is 295 g/mol. The summed E-state index contributed by atoms with van der Waals surface area (Å²) in [6.07, 6.45) is -3.36. The quantitative estimate of drug-likeness (QED) is 0.439. The van der Waals surface area contributed by atoms with Gasteiger partial charge in [0.2, 0.25) is 0 Å². The van der Waals surface area contributed by atoms with Crippen LogP contribution in [0.25, 0.3) is 0 Å². The minimum atomic E-state index is -1.24. The van der Waals surface area contributed by atoms with Crippen LogP contribution in [-0.2, 0) is 23.8 Å². The van der Waals surface area contributed by atoms with Gasteiger partial charge in [0.25, 0.3) is 0 Å². The molecule has 8 nitrogen and oxygen atoms in total. The van der Waals surface area contributed by atoms with Crippen LogP contribution in [0, 0.1) is 4.91 Å². The zero-order valence-electron chi connectivity index (χ0n) is 10.3. The molecule has 0 radical (unpaired) electrons. The van der Waals surface area contributed by atoms with Crippen LogP contribution >= 0.6 is 11.6 Å². The van der Waals surface area contributed by atoms with Crippen LogP contribution in [0.15, 0.2) is 5.18 Å². The van der Waals surface area contributed by atoms with Gasteiger partial charge in [-0.05, 0) is 0 Å². The van der Waals surface area contributed by atoms with Crippen LogP contribution in [0.5, 0.6) is 0 Å². The molecule has 1 heterocycles. The molecule has 5 atom stereocenters. The maximum absolute atomic E-state index is 11.1. The first-order valence-corrected chi connectivity index (χ1v) is 5.91. The number of carbonyl (C=O) groups is 2. The Morgan fingerprint density at radius 1 is 1.26 bits per heavy atom. The SMILES string of the molecule is CC(=O)O[C@@H]1[C@@H](N=O)[C@@H](Cl)O[C@H](CO)[C@H]1OC(C)=O. The zero-order chi connectivity index (χ0) is 14.6. The van der Waals surface area contributed by atoms with E-state index in [0.29, 0.717) is 0 Å². The first-order valence-electron chi connectivity index (χ1n) is 5.48. The zero-order valence-corrected chi connectivity index (χ0v) is 11.1. The van der Waals surface area contributed by atoms with Crippen LogP contribution in [0.3, 0.4) is 0 Å². The summed E-state index contributed by atoms with van der Waals surface area (Å²) in [5, 5.41) is 11.9. The third-order valence-corrected chi connectivity index (χ3v) is 2.87. The Labute approximate surface area is 113 Å². The summed E-state index contributed by atoms with van der Waals surface area (Å²) >= 11 is 5.78. The largest absolute Gasteiger partial charge is 0.456 e. The number of esters is 2. The molecule has 0 saturated carbocycles. The second-order valence-corrected chi connectivity index (χ2v) is 4.38. The van der Waals surface area contributed by atoms with E-state index in [0.717, 1.165) is 13.8 Å². The van der Waals surface area contributed by atoms with Gasteiger partial charge in [0.15, 0.2) is 23.8 Å². The lowest BCUT2D eigenvalue weighted by Crippen LogP contribution is -2.59. The number of aliphatic hydroxyl groups excluding tert-OH is 1. The number of nitrogens with zero attached hydrogens (tertiary/aromatic N) is 1. The molecule has 108 valence electrons. The third kappa shape index (κ3) is 3.85. The maximum Gasteiger partial charge on any atom is 0.303 e. The van der Waals surface area contributed by atoms with Crippen LogP contribution in [0.2, 0.25) is 0 Å². The molecule has 1 fully saturated rings. The Morgan fingerprint density at radius 2 is 1.79 bits per heavy atom. The fraction of sp³-hybridized carbons (Fsp3) is 0.800. The fourth-order valence-corrected chi connectivity index (χ4v) is 2.12. The van der Waals surface area contributed by atoms with Crippen molar-refractivity contribution in [1.82, 2.24) is 0 Å². The van der Waals surface area contributed by atoms with Gasteiger partial charge in [0.1, 0.15) is 6.10 Å². The molecule has 1 aliphatic heterocycles. The number of rotatable bonds is 4. The molecule has 0 aromatic carbocycles. The van der Waals surface area contributed by atoms with Gasteiger partial charge in [-0.1, -0.05) is 16.8 Å². The second kappa shape index (κ2) is 6.78. The summed E-state index contributed by atoms with van der Waals surface area (Å²) in [5.74, 6) is -1.37. The highest BCUT2D eigenvalue weighted by atomic mass is 35.5. The van der Waals surface area contributed by atoms with Gasteiger partial charge in [0.05, 0.1) is 6.61 Å². The predicted octanol–water partition coefficient (Wildman–Crippen LogP) is -0.0592. The number of carbonyl (C=O) groups excluding carboxylic acids is 2. The van der Waals surface area contributed by atoms with E-state index < -0.39 is 48.5 Å². The van der Waals surface area contributed by atoms with E-state index in [-0.39, 0.29) is 0 Å². The van der Waals surface area contributed by atoms with Crippen LogP contribution < -0.4 is 0 Å². The Kier molecular flexibility index (Phi) is 5.64. The minimum Gasteiger partial charge on any atom is -0.456 e. The standard InChI is InChI=1S/C10H14ClNO7/c1-4(14)17-8-6(3-13)19-10(11)7(12-16)9(8)18-5(2)15/h6-10,13H,3H2,1-2H3/t6-,7-,8-,9-,10+/m1/s1. The first kappa shape index (κ1) is 15.8. The van der Waals surface area contributed by atoms with Gasteiger partial charge in [-0.3, -0.25) is 9.59 Å². The van der Waals surface area contributed by atoms with Gasteiger partial charge < -0.3 is 19.3 Å². The molecule has 9 heteroatoms. The Balaban J connectivity index is 3.02. The molecule has 1 saturated heterocycles. The second-order valence-electron chi connectivity index (χ2n) is 3.95. The topological polar surface area (TPSA) is 111 Å². The number of hydrogen-bond donors (Lipinski definition) is 1. The van der Waals surface area contributed by atoms with Crippen molar-refractivity contribution in [2.24, 2.45) is 5.18 Å². The van der Waals surface area contributed by atoms with Crippen molar-refractivity contribution in [3.8, 4) is 0 Å².